The average Bonchev–Trinajstić information content (AvgIpc) is 3.08. The van der Waals surface area contributed by atoms with Gasteiger partial charge < -0.3 is 10.1 Å². The smallest absolute Gasteiger partial charge is 0.127 e. The van der Waals surface area contributed by atoms with E-state index in [0.29, 0.717) is 13.2 Å². The monoisotopic (exact) mass is 356 g/mol. The van der Waals surface area contributed by atoms with E-state index in [4.69, 9.17) is 4.74 Å². The molecule has 1 heterocycles. The van der Waals surface area contributed by atoms with E-state index in [1.165, 1.54) is 6.07 Å². The van der Waals surface area contributed by atoms with E-state index in [-0.39, 0.29) is 5.82 Å². The minimum absolute atomic E-state index is 0.185. The van der Waals surface area contributed by atoms with Gasteiger partial charge in [-0.2, -0.15) is 0 Å². The first kappa shape index (κ1) is 17.6. The standard InChI is InChI=1S/C20H21FN2OS/c1-2-24-18-9-4-3-8-17(18)19-13-23-20(25-19)14-22-11-10-15-6-5-7-16(21)12-15/h3-9,12-13,22H,2,10-11,14H2,1H3. The molecule has 3 nitrogen and oxygen atoms in total. The molecule has 0 aliphatic carbocycles. The van der Waals surface area contributed by atoms with Gasteiger partial charge in [0.15, 0.2) is 0 Å². The summed E-state index contributed by atoms with van der Waals surface area (Å²) in [5.41, 5.74) is 2.07. The molecule has 0 aliphatic rings. The van der Waals surface area contributed by atoms with Gasteiger partial charge in [0.25, 0.3) is 0 Å². The number of hydrogen-bond donors (Lipinski definition) is 1. The maximum atomic E-state index is 13.2. The van der Waals surface area contributed by atoms with Gasteiger partial charge in [-0.1, -0.05) is 24.3 Å². The van der Waals surface area contributed by atoms with Crippen LogP contribution in [-0.4, -0.2) is 18.1 Å². The van der Waals surface area contributed by atoms with Gasteiger partial charge in [0, 0.05) is 18.3 Å². The third-order valence-corrected chi connectivity index (χ3v) is 4.79. The van der Waals surface area contributed by atoms with E-state index in [1.807, 2.05) is 37.4 Å². The lowest BCUT2D eigenvalue weighted by Crippen LogP contribution is -2.16. The van der Waals surface area contributed by atoms with E-state index < -0.39 is 0 Å². The number of halogens is 1. The van der Waals surface area contributed by atoms with Crippen LogP contribution >= 0.6 is 11.3 Å². The lowest BCUT2D eigenvalue weighted by Gasteiger charge is -2.07. The topological polar surface area (TPSA) is 34.1 Å². The summed E-state index contributed by atoms with van der Waals surface area (Å²) < 4.78 is 18.8. The summed E-state index contributed by atoms with van der Waals surface area (Å²) in [7, 11) is 0. The number of nitrogens with zero attached hydrogens (tertiary/aromatic N) is 1. The average molecular weight is 356 g/mol. The summed E-state index contributed by atoms with van der Waals surface area (Å²) >= 11 is 1.66. The Hall–Kier alpha value is -2.24. The van der Waals surface area contributed by atoms with Gasteiger partial charge in [0.1, 0.15) is 16.6 Å². The lowest BCUT2D eigenvalue weighted by molar-refractivity contribution is 0.341. The second kappa shape index (κ2) is 8.74. The molecule has 0 bridgehead atoms. The van der Waals surface area contributed by atoms with Crippen LogP contribution in [0.25, 0.3) is 10.4 Å². The van der Waals surface area contributed by atoms with E-state index in [1.54, 1.807) is 23.5 Å². The Kier molecular flexibility index (Phi) is 6.14. The molecule has 0 saturated carbocycles. The Morgan fingerprint density at radius 2 is 2.04 bits per heavy atom. The summed E-state index contributed by atoms with van der Waals surface area (Å²) in [5.74, 6) is 0.703. The number of hydrogen-bond acceptors (Lipinski definition) is 4. The number of thiazole rings is 1. The summed E-state index contributed by atoms with van der Waals surface area (Å²) in [6, 6.07) is 14.8. The zero-order valence-electron chi connectivity index (χ0n) is 14.2. The first-order chi connectivity index (χ1) is 12.3. The van der Waals surface area contributed by atoms with E-state index >= 15 is 0 Å². The van der Waals surface area contributed by atoms with Gasteiger partial charge in [0.05, 0.1) is 11.5 Å². The second-order valence-electron chi connectivity index (χ2n) is 5.60. The molecular weight excluding hydrogens is 335 g/mol. The van der Waals surface area contributed by atoms with Crippen molar-refractivity contribution in [1.29, 1.82) is 0 Å². The van der Waals surface area contributed by atoms with Crippen LogP contribution in [0.4, 0.5) is 4.39 Å². The van der Waals surface area contributed by atoms with Crippen molar-refractivity contribution in [2.75, 3.05) is 13.2 Å². The largest absolute Gasteiger partial charge is 0.493 e. The number of aromatic nitrogens is 1. The molecule has 0 atom stereocenters. The molecule has 0 unspecified atom stereocenters. The molecule has 25 heavy (non-hydrogen) atoms. The highest BCUT2D eigenvalue weighted by Crippen LogP contribution is 2.33. The van der Waals surface area contributed by atoms with Gasteiger partial charge in [-0.3, -0.25) is 0 Å². The molecule has 0 fully saturated rings. The summed E-state index contributed by atoms with van der Waals surface area (Å²) in [4.78, 5) is 5.60. The van der Waals surface area contributed by atoms with Gasteiger partial charge in [0.2, 0.25) is 0 Å². The van der Waals surface area contributed by atoms with Gasteiger partial charge >= 0.3 is 0 Å². The molecule has 1 aromatic heterocycles. The zero-order chi connectivity index (χ0) is 17.5. The van der Waals surface area contributed by atoms with Crippen LogP contribution in [0.2, 0.25) is 0 Å². The third kappa shape index (κ3) is 4.87. The SMILES string of the molecule is CCOc1ccccc1-c1cnc(CNCCc2cccc(F)c2)s1. The predicted octanol–water partition coefficient (Wildman–Crippen LogP) is 4.68. The molecule has 0 radical (unpaired) electrons. The molecular formula is C20H21FN2OS. The zero-order valence-corrected chi connectivity index (χ0v) is 15.0. The number of ether oxygens (including phenoxy) is 1. The molecule has 1 N–H and O–H groups in total. The summed E-state index contributed by atoms with van der Waals surface area (Å²) in [6.07, 6.45) is 2.69. The van der Waals surface area contributed by atoms with E-state index in [2.05, 4.69) is 16.4 Å². The number of para-hydroxylation sites is 1. The Morgan fingerprint density at radius 3 is 2.88 bits per heavy atom. The molecule has 2 aromatic carbocycles. The molecule has 0 aliphatic heterocycles. The maximum Gasteiger partial charge on any atom is 0.127 e. The van der Waals surface area contributed by atoms with Crippen LogP contribution in [0.3, 0.4) is 0 Å². The van der Waals surface area contributed by atoms with Gasteiger partial charge in [-0.05, 0) is 49.7 Å². The Bertz CT molecular complexity index is 819. The number of benzene rings is 2. The van der Waals surface area contributed by atoms with Crippen molar-refractivity contribution in [2.24, 2.45) is 0 Å². The quantitative estimate of drug-likeness (QED) is 0.595. The Balaban J connectivity index is 1.55. The Labute approximate surface area is 151 Å². The van der Waals surface area contributed by atoms with Crippen molar-refractivity contribution in [3.05, 3.63) is 71.1 Å². The fourth-order valence-corrected chi connectivity index (χ4v) is 3.51. The van der Waals surface area contributed by atoms with Crippen molar-refractivity contribution in [1.82, 2.24) is 10.3 Å². The van der Waals surface area contributed by atoms with Crippen LogP contribution in [0.5, 0.6) is 5.75 Å². The van der Waals surface area contributed by atoms with Crippen LogP contribution in [0.15, 0.2) is 54.7 Å². The van der Waals surface area contributed by atoms with Crippen molar-refractivity contribution in [2.45, 2.75) is 19.9 Å². The van der Waals surface area contributed by atoms with Crippen molar-refractivity contribution >= 4 is 11.3 Å². The first-order valence-corrected chi connectivity index (χ1v) is 9.20. The summed E-state index contributed by atoms with van der Waals surface area (Å²) in [6.45, 7) is 4.12. The second-order valence-corrected chi connectivity index (χ2v) is 6.72. The van der Waals surface area contributed by atoms with Crippen LogP contribution < -0.4 is 10.1 Å². The molecule has 0 saturated heterocycles. The minimum atomic E-state index is -0.185. The third-order valence-electron chi connectivity index (χ3n) is 3.76. The van der Waals surface area contributed by atoms with Crippen LogP contribution in [0.1, 0.15) is 17.5 Å². The minimum Gasteiger partial charge on any atom is -0.493 e. The van der Waals surface area contributed by atoms with Crippen molar-refractivity contribution in [3.63, 3.8) is 0 Å². The fourth-order valence-electron chi connectivity index (χ4n) is 2.59. The Morgan fingerprint density at radius 1 is 1.16 bits per heavy atom. The molecule has 0 amide bonds. The molecule has 3 aromatic rings. The lowest BCUT2D eigenvalue weighted by atomic mass is 10.1. The van der Waals surface area contributed by atoms with Crippen LogP contribution in [0, 0.1) is 5.82 Å². The number of nitrogens with one attached hydrogen (secondary N) is 1. The van der Waals surface area contributed by atoms with Crippen LogP contribution in [-0.2, 0) is 13.0 Å². The maximum absolute atomic E-state index is 13.2. The fraction of sp³-hybridized carbons (Fsp3) is 0.250. The molecule has 130 valence electrons. The number of rotatable bonds is 8. The van der Waals surface area contributed by atoms with E-state index in [0.717, 1.165) is 39.7 Å². The summed E-state index contributed by atoms with van der Waals surface area (Å²) in [5, 5.41) is 4.40. The molecule has 3 rings (SSSR count). The van der Waals surface area contributed by atoms with Gasteiger partial charge in [-0.15, -0.1) is 11.3 Å². The molecule has 5 heteroatoms. The highest BCUT2D eigenvalue weighted by atomic mass is 32.1. The first-order valence-electron chi connectivity index (χ1n) is 8.38. The predicted molar refractivity (Wildman–Crippen MR) is 101 cm³/mol. The van der Waals surface area contributed by atoms with Crippen molar-refractivity contribution in [3.8, 4) is 16.2 Å². The van der Waals surface area contributed by atoms with Crippen molar-refractivity contribution < 1.29 is 9.13 Å². The normalized spacial score (nSPS) is 10.8. The highest BCUT2D eigenvalue weighted by molar-refractivity contribution is 7.15. The highest BCUT2D eigenvalue weighted by Gasteiger charge is 2.09. The van der Waals surface area contributed by atoms with E-state index in [9.17, 15) is 4.39 Å². The molecule has 0 spiro atoms. The van der Waals surface area contributed by atoms with Gasteiger partial charge in [-0.25, -0.2) is 9.37 Å².